The van der Waals surface area contributed by atoms with Gasteiger partial charge in [-0.3, -0.25) is 9.59 Å². The van der Waals surface area contributed by atoms with Crippen LogP contribution in [-0.4, -0.2) is 34.7 Å². The molecule has 1 atom stereocenters. The van der Waals surface area contributed by atoms with E-state index >= 15 is 0 Å². The Balaban J connectivity index is 2.18. The largest absolute Gasteiger partial charge is 0.333 e. The molecule has 0 saturated heterocycles. The lowest BCUT2D eigenvalue weighted by atomic mass is 9.84. The Hall–Kier alpha value is -2.21. The third kappa shape index (κ3) is 9.57. The van der Waals surface area contributed by atoms with E-state index in [9.17, 15) is 14.0 Å². The van der Waals surface area contributed by atoms with Gasteiger partial charge in [0.1, 0.15) is 5.82 Å². The van der Waals surface area contributed by atoms with E-state index in [1.54, 1.807) is 33.3 Å². The van der Waals surface area contributed by atoms with Crippen LogP contribution in [0.1, 0.15) is 70.4 Å². The Morgan fingerprint density at radius 3 is 2.15 bits per heavy atom. The van der Waals surface area contributed by atoms with Crippen LogP contribution in [0.3, 0.4) is 0 Å². The fourth-order valence-electron chi connectivity index (χ4n) is 4.29. The molecular formula is C28H41FN2O2S. The number of thiophene rings is 1. The molecule has 1 aromatic carbocycles. The molecule has 4 nitrogen and oxygen atoms in total. The Morgan fingerprint density at radius 2 is 1.62 bits per heavy atom. The lowest BCUT2D eigenvalue weighted by Gasteiger charge is -2.30. The summed E-state index contributed by atoms with van der Waals surface area (Å²) >= 11 is 1.62. The van der Waals surface area contributed by atoms with Gasteiger partial charge in [-0.1, -0.05) is 53.7 Å². The molecule has 1 aromatic heterocycles. The Labute approximate surface area is 209 Å². The van der Waals surface area contributed by atoms with Crippen LogP contribution in [0.5, 0.6) is 0 Å². The number of hydrogen-bond donors (Lipinski definition) is 0. The van der Waals surface area contributed by atoms with Crippen LogP contribution in [0.15, 0.2) is 35.7 Å². The number of halogens is 1. The summed E-state index contributed by atoms with van der Waals surface area (Å²) in [6, 6.07) is 8.30. The van der Waals surface area contributed by atoms with E-state index in [1.807, 2.05) is 18.4 Å². The summed E-state index contributed by atoms with van der Waals surface area (Å²) in [5, 5.41) is 2.02. The molecular weight excluding hydrogens is 447 g/mol. The number of aryl methyl sites for hydroxylation is 1. The van der Waals surface area contributed by atoms with Crippen molar-refractivity contribution < 1.29 is 14.0 Å². The van der Waals surface area contributed by atoms with Gasteiger partial charge < -0.3 is 9.80 Å². The van der Waals surface area contributed by atoms with Crippen molar-refractivity contribution in [2.45, 2.75) is 74.4 Å². The number of nitrogens with zero attached hydrogens (tertiary/aromatic N) is 2. The van der Waals surface area contributed by atoms with E-state index in [0.29, 0.717) is 26.1 Å². The van der Waals surface area contributed by atoms with E-state index in [-0.39, 0.29) is 41.4 Å². The molecule has 34 heavy (non-hydrogen) atoms. The number of carbonyl (C=O) groups is 2. The van der Waals surface area contributed by atoms with Crippen molar-refractivity contribution in [3.05, 3.63) is 57.5 Å². The zero-order valence-corrected chi connectivity index (χ0v) is 22.7. The first kappa shape index (κ1) is 28.0. The summed E-state index contributed by atoms with van der Waals surface area (Å²) in [7, 11) is 0. The van der Waals surface area contributed by atoms with Crippen molar-refractivity contribution in [2.75, 3.05) is 13.1 Å². The lowest BCUT2D eigenvalue weighted by Crippen LogP contribution is -2.44. The van der Waals surface area contributed by atoms with Crippen LogP contribution in [0, 0.1) is 30.0 Å². The monoisotopic (exact) mass is 488 g/mol. The van der Waals surface area contributed by atoms with E-state index in [1.165, 1.54) is 12.1 Å². The number of carbonyl (C=O) groups excluding carboxylic acids is 2. The quantitative estimate of drug-likeness (QED) is 0.354. The summed E-state index contributed by atoms with van der Waals surface area (Å²) in [5.41, 5.74) is 2.17. The number of amides is 2. The second-order valence-corrected chi connectivity index (χ2v) is 12.1. The molecule has 2 amide bonds. The first-order valence-corrected chi connectivity index (χ1v) is 13.0. The van der Waals surface area contributed by atoms with Gasteiger partial charge in [0.15, 0.2) is 0 Å². The summed E-state index contributed by atoms with van der Waals surface area (Å²) < 4.78 is 13.4. The predicted molar refractivity (Wildman–Crippen MR) is 139 cm³/mol. The molecule has 0 aliphatic rings. The molecule has 0 unspecified atom stereocenters. The van der Waals surface area contributed by atoms with Crippen LogP contribution in [0.25, 0.3) is 0 Å². The maximum atomic E-state index is 13.5. The van der Waals surface area contributed by atoms with Gasteiger partial charge in [-0.05, 0) is 65.3 Å². The van der Waals surface area contributed by atoms with Crippen LogP contribution >= 0.6 is 11.3 Å². The zero-order chi connectivity index (χ0) is 25.5. The fraction of sp³-hybridized carbons (Fsp3) is 0.571. The van der Waals surface area contributed by atoms with E-state index < -0.39 is 0 Å². The summed E-state index contributed by atoms with van der Waals surface area (Å²) in [6.45, 7) is 16.3. The van der Waals surface area contributed by atoms with Gasteiger partial charge in [-0.15, -0.1) is 11.3 Å². The second-order valence-electron chi connectivity index (χ2n) is 11.1. The molecule has 0 bridgehead atoms. The van der Waals surface area contributed by atoms with Crippen molar-refractivity contribution in [1.29, 1.82) is 0 Å². The van der Waals surface area contributed by atoms with Gasteiger partial charge in [0, 0.05) is 24.4 Å². The standard InChI is InChI=1S/C28H41FN2O2S/c1-20(2)16-30(26(32)14-21(3)15-28(5,6)7)19-27(33)31(18-25-22(4)12-13-34-25)17-23-8-10-24(29)11-9-23/h8-13,20-21H,14-19H2,1-7H3/t21-/m0/s1. The minimum atomic E-state index is -0.297. The van der Waals surface area contributed by atoms with Gasteiger partial charge in [0.05, 0.1) is 13.1 Å². The van der Waals surface area contributed by atoms with Crippen molar-refractivity contribution in [3.63, 3.8) is 0 Å². The van der Waals surface area contributed by atoms with Crippen LogP contribution in [-0.2, 0) is 22.7 Å². The SMILES string of the molecule is Cc1ccsc1CN(Cc1ccc(F)cc1)C(=O)CN(CC(C)C)C(=O)C[C@H](C)CC(C)(C)C. The maximum Gasteiger partial charge on any atom is 0.242 e. The number of hydrogen-bond acceptors (Lipinski definition) is 3. The molecule has 0 saturated carbocycles. The molecule has 0 aliphatic heterocycles. The average molecular weight is 489 g/mol. The molecule has 1 heterocycles. The molecule has 0 aliphatic carbocycles. The lowest BCUT2D eigenvalue weighted by molar-refractivity contribution is -0.142. The summed E-state index contributed by atoms with van der Waals surface area (Å²) in [5.74, 6) is 0.164. The van der Waals surface area contributed by atoms with E-state index in [2.05, 4.69) is 41.5 Å². The zero-order valence-electron chi connectivity index (χ0n) is 21.9. The van der Waals surface area contributed by atoms with Gasteiger partial charge in [-0.25, -0.2) is 4.39 Å². The van der Waals surface area contributed by atoms with Crippen molar-refractivity contribution in [3.8, 4) is 0 Å². The van der Waals surface area contributed by atoms with Gasteiger partial charge in [0.25, 0.3) is 0 Å². The van der Waals surface area contributed by atoms with Crippen molar-refractivity contribution >= 4 is 23.2 Å². The van der Waals surface area contributed by atoms with Gasteiger partial charge in [-0.2, -0.15) is 0 Å². The third-order valence-corrected chi connectivity index (χ3v) is 6.70. The molecule has 188 valence electrons. The van der Waals surface area contributed by atoms with Crippen LogP contribution in [0.4, 0.5) is 4.39 Å². The van der Waals surface area contributed by atoms with Crippen LogP contribution in [0.2, 0.25) is 0 Å². The van der Waals surface area contributed by atoms with Crippen molar-refractivity contribution in [1.82, 2.24) is 9.80 Å². The molecule has 2 aromatic rings. The Kier molecular flexibility index (Phi) is 10.3. The van der Waals surface area contributed by atoms with E-state index in [4.69, 9.17) is 0 Å². The average Bonchev–Trinajstić information content (AvgIpc) is 3.11. The topological polar surface area (TPSA) is 40.6 Å². The molecule has 0 spiro atoms. The summed E-state index contributed by atoms with van der Waals surface area (Å²) in [6.07, 6.45) is 1.40. The molecule has 2 rings (SSSR count). The van der Waals surface area contributed by atoms with E-state index in [0.717, 1.165) is 22.4 Å². The van der Waals surface area contributed by atoms with Crippen molar-refractivity contribution in [2.24, 2.45) is 17.3 Å². The summed E-state index contributed by atoms with van der Waals surface area (Å²) in [4.78, 5) is 31.4. The predicted octanol–water partition coefficient (Wildman–Crippen LogP) is 6.67. The molecule has 0 fully saturated rings. The molecule has 0 N–H and O–H groups in total. The smallest absolute Gasteiger partial charge is 0.242 e. The number of benzene rings is 1. The molecule has 6 heteroatoms. The van der Waals surface area contributed by atoms with Gasteiger partial charge >= 0.3 is 0 Å². The highest BCUT2D eigenvalue weighted by atomic mass is 32.1. The minimum Gasteiger partial charge on any atom is -0.333 e. The first-order chi connectivity index (χ1) is 15.8. The normalized spacial score (nSPS) is 12.6. The maximum absolute atomic E-state index is 13.5. The van der Waals surface area contributed by atoms with Crippen LogP contribution < -0.4 is 0 Å². The Bertz CT molecular complexity index is 931. The fourth-order valence-corrected chi connectivity index (χ4v) is 5.21. The highest BCUT2D eigenvalue weighted by Gasteiger charge is 2.25. The number of rotatable bonds is 11. The molecule has 0 radical (unpaired) electrons. The third-order valence-electron chi connectivity index (χ3n) is 5.69. The first-order valence-electron chi connectivity index (χ1n) is 12.2. The minimum absolute atomic E-state index is 0.0350. The van der Waals surface area contributed by atoms with Gasteiger partial charge in [0.2, 0.25) is 11.8 Å². The highest BCUT2D eigenvalue weighted by molar-refractivity contribution is 7.10. The Morgan fingerprint density at radius 1 is 0.971 bits per heavy atom. The second kappa shape index (κ2) is 12.5. The highest BCUT2D eigenvalue weighted by Crippen LogP contribution is 2.26.